The monoisotopic (exact) mass is 430 g/mol. The molecule has 0 spiro atoms. The number of hydrogen-bond donors (Lipinski definition) is 1. The summed E-state index contributed by atoms with van der Waals surface area (Å²) in [6.45, 7) is 0. The Kier molecular flexibility index (Phi) is 6.77. The molecule has 0 heterocycles. The van der Waals surface area contributed by atoms with E-state index in [9.17, 15) is 4.79 Å². The third kappa shape index (κ3) is 5.76. The number of ether oxygens (including phenoxy) is 1. The van der Waals surface area contributed by atoms with Crippen LogP contribution in [-0.4, -0.2) is 20.0 Å². The van der Waals surface area contributed by atoms with Crippen molar-refractivity contribution >= 4 is 28.9 Å². The van der Waals surface area contributed by atoms with Crippen molar-refractivity contribution in [3.05, 3.63) is 82.4 Å². The van der Waals surface area contributed by atoms with Gasteiger partial charge in [0.15, 0.2) is 0 Å². The molecule has 3 aromatic carbocycles. The Hall–Kier alpha value is -4.00. The molecule has 0 aliphatic heterocycles. The van der Waals surface area contributed by atoms with Crippen LogP contribution in [0.3, 0.4) is 0 Å². The molecule has 0 atom stereocenters. The van der Waals surface area contributed by atoms with Crippen molar-refractivity contribution in [1.82, 2.24) is 0 Å². The second-order valence-electron chi connectivity index (χ2n) is 7.00. The molecular weight excluding hydrogens is 412 g/mol. The quantitative estimate of drug-likeness (QED) is 0.586. The zero-order valence-corrected chi connectivity index (χ0v) is 17.8. The molecule has 7 heteroatoms. The fourth-order valence-electron chi connectivity index (χ4n) is 2.88. The standard InChI is InChI=1S/C24H19ClN4O2/c1-29(2)20-6-4-19(5-7-20)28-24(30)13-16-3-8-22(25)23(12-16)31-21-10-17(14-26)9-18(11-21)15-27/h3-12H,13H2,1-2H3,(H,28,30). The lowest BCUT2D eigenvalue weighted by molar-refractivity contribution is -0.115. The smallest absolute Gasteiger partial charge is 0.228 e. The van der Waals surface area contributed by atoms with Crippen LogP contribution in [-0.2, 0) is 11.2 Å². The van der Waals surface area contributed by atoms with E-state index in [0.29, 0.717) is 38.9 Å². The Morgan fingerprint density at radius 3 is 2.23 bits per heavy atom. The van der Waals surface area contributed by atoms with Crippen molar-refractivity contribution in [3.8, 4) is 23.6 Å². The summed E-state index contributed by atoms with van der Waals surface area (Å²) in [5, 5.41) is 21.5. The van der Waals surface area contributed by atoms with Gasteiger partial charge in [0, 0.05) is 25.5 Å². The van der Waals surface area contributed by atoms with E-state index in [4.69, 9.17) is 26.9 Å². The average Bonchev–Trinajstić information content (AvgIpc) is 2.76. The highest BCUT2D eigenvalue weighted by atomic mass is 35.5. The first-order chi connectivity index (χ1) is 14.9. The van der Waals surface area contributed by atoms with E-state index in [-0.39, 0.29) is 12.3 Å². The molecule has 1 N–H and O–H groups in total. The largest absolute Gasteiger partial charge is 0.456 e. The summed E-state index contributed by atoms with van der Waals surface area (Å²) in [5.74, 6) is 0.477. The van der Waals surface area contributed by atoms with Crippen LogP contribution in [0, 0.1) is 22.7 Å². The highest BCUT2D eigenvalue weighted by molar-refractivity contribution is 6.32. The summed E-state index contributed by atoms with van der Waals surface area (Å²) >= 11 is 6.24. The molecule has 0 saturated carbocycles. The van der Waals surface area contributed by atoms with Gasteiger partial charge in [-0.05, 0) is 60.2 Å². The van der Waals surface area contributed by atoms with E-state index >= 15 is 0 Å². The molecule has 6 nitrogen and oxygen atoms in total. The predicted octanol–water partition coefficient (Wildman–Crippen LogP) is 5.12. The summed E-state index contributed by atoms with van der Waals surface area (Å²) < 4.78 is 5.80. The second-order valence-corrected chi connectivity index (χ2v) is 7.41. The van der Waals surface area contributed by atoms with Gasteiger partial charge >= 0.3 is 0 Å². The molecule has 31 heavy (non-hydrogen) atoms. The fraction of sp³-hybridized carbons (Fsp3) is 0.125. The lowest BCUT2D eigenvalue weighted by atomic mass is 10.1. The van der Waals surface area contributed by atoms with E-state index in [0.717, 1.165) is 5.69 Å². The minimum Gasteiger partial charge on any atom is -0.456 e. The van der Waals surface area contributed by atoms with Gasteiger partial charge in [-0.2, -0.15) is 10.5 Å². The van der Waals surface area contributed by atoms with Crippen LogP contribution in [0.5, 0.6) is 11.5 Å². The third-order valence-electron chi connectivity index (χ3n) is 4.42. The number of rotatable bonds is 6. The van der Waals surface area contributed by atoms with Crippen LogP contribution in [0.1, 0.15) is 16.7 Å². The van der Waals surface area contributed by atoms with Gasteiger partial charge in [0.05, 0.1) is 34.7 Å². The SMILES string of the molecule is CN(C)c1ccc(NC(=O)Cc2ccc(Cl)c(Oc3cc(C#N)cc(C#N)c3)c2)cc1. The van der Waals surface area contributed by atoms with E-state index in [1.807, 2.05) is 55.4 Å². The highest BCUT2D eigenvalue weighted by Crippen LogP contribution is 2.31. The molecule has 3 rings (SSSR count). The van der Waals surface area contributed by atoms with Crippen molar-refractivity contribution in [2.75, 3.05) is 24.3 Å². The summed E-state index contributed by atoms with van der Waals surface area (Å²) in [5.41, 5.74) is 3.07. The number of anilines is 2. The van der Waals surface area contributed by atoms with Crippen LogP contribution in [0.2, 0.25) is 5.02 Å². The molecule has 1 amide bonds. The number of amides is 1. The van der Waals surface area contributed by atoms with Gasteiger partial charge < -0.3 is 15.0 Å². The molecule has 0 aliphatic carbocycles. The second kappa shape index (κ2) is 9.67. The van der Waals surface area contributed by atoms with Gasteiger partial charge in [0.2, 0.25) is 5.91 Å². The van der Waals surface area contributed by atoms with Gasteiger partial charge in [0.1, 0.15) is 11.5 Å². The summed E-state index contributed by atoms with van der Waals surface area (Å²) in [7, 11) is 3.90. The maximum Gasteiger partial charge on any atom is 0.228 e. The van der Waals surface area contributed by atoms with Crippen molar-refractivity contribution in [2.24, 2.45) is 0 Å². The first kappa shape index (κ1) is 21.7. The average molecular weight is 431 g/mol. The van der Waals surface area contributed by atoms with Crippen molar-refractivity contribution in [2.45, 2.75) is 6.42 Å². The van der Waals surface area contributed by atoms with Crippen LogP contribution < -0.4 is 15.0 Å². The number of nitrogens with one attached hydrogen (secondary N) is 1. The van der Waals surface area contributed by atoms with Crippen LogP contribution in [0.15, 0.2) is 60.7 Å². The molecule has 154 valence electrons. The molecule has 0 radical (unpaired) electrons. The minimum absolute atomic E-state index is 0.130. The van der Waals surface area contributed by atoms with E-state index < -0.39 is 0 Å². The Morgan fingerprint density at radius 2 is 1.65 bits per heavy atom. The highest BCUT2D eigenvalue weighted by Gasteiger charge is 2.10. The molecule has 0 unspecified atom stereocenters. The summed E-state index contributed by atoms with van der Waals surface area (Å²) in [6.07, 6.45) is 0.130. The van der Waals surface area contributed by atoms with Gasteiger partial charge in [0.25, 0.3) is 0 Å². The normalized spacial score (nSPS) is 9.97. The number of carbonyl (C=O) groups is 1. The Bertz CT molecular complexity index is 1160. The maximum atomic E-state index is 12.5. The summed E-state index contributed by atoms with van der Waals surface area (Å²) in [6, 6.07) is 21.1. The predicted molar refractivity (Wildman–Crippen MR) is 121 cm³/mol. The number of benzene rings is 3. The lowest BCUT2D eigenvalue weighted by Crippen LogP contribution is -2.14. The molecule has 0 aliphatic rings. The van der Waals surface area contributed by atoms with Gasteiger partial charge in [-0.3, -0.25) is 4.79 Å². The van der Waals surface area contributed by atoms with Crippen molar-refractivity contribution in [1.29, 1.82) is 10.5 Å². The number of nitrogens with zero attached hydrogens (tertiary/aromatic N) is 3. The molecule has 3 aromatic rings. The number of halogens is 1. The first-order valence-corrected chi connectivity index (χ1v) is 9.74. The van der Waals surface area contributed by atoms with E-state index in [2.05, 4.69) is 5.32 Å². The van der Waals surface area contributed by atoms with Gasteiger partial charge in [-0.1, -0.05) is 17.7 Å². The first-order valence-electron chi connectivity index (χ1n) is 9.37. The molecule has 0 aromatic heterocycles. The van der Waals surface area contributed by atoms with Crippen molar-refractivity contribution in [3.63, 3.8) is 0 Å². The Balaban J connectivity index is 1.73. The molecule has 0 saturated heterocycles. The number of nitriles is 2. The molecular formula is C24H19ClN4O2. The topological polar surface area (TPSA) is 89.2 Å². The maximum absolute atomic E-state index is 12.5. The number of hydrogen-bond acceptors (Lipinski definition) is 5. The van der Waals surface area contributed by atoms with Crippen LogP contribution in [0.25, 0.3) is 0 Å². The zero-order valence-electron chi connectivity index (χ0n) is 17.0. The molecule has 0 bridgehead atoms. The van der Waals surface area contributed by atoms with Gasteiger partial charge in [-0.15, -0.1) is 0 Å². The fourth-order valence-corrected chi connectivity index (χ4v) is 3.04. The van der Waals surface area contributed by atoms with Gasteiger partial charge in [-0.25, -0.2) is 0 Å². The van der Waals surface area contributed by atoms with E-state index in [1.54, 1.807) is 18.2 Å². The van der Waals surface area contributed by atoms with Crippen molar-refractivity contribution < 1.29 is 9.53 Å². The Labute approximate surface area is 185 Å². The Morgan fingerprint density at radius 1 is 1.00 bits per heavy atom. The summed E-state index contributed by atoms with van der Waals surface area (Å²) in [4.78, 5) is 14.4. The third-order valence-corrected chi connectivity index (χ3v) is 4.73. The molecule has 0 fully saturated rings. The van der Waals surface area contributed by atoms with E-state index in [1.165, 1.54) is 18.2 Å². The van der Waals surface area contributed by atoms with Crippen LogP contribution >= 0.6 is 11.6 Å². The lowest BCUT2D eigenvalue weighted by Gasteiger charge is -2.13. The minimum atomic E-state index is -0.177. The number of carbonyl (C=O) groups excluding carboxylic acids is 1. The zero-order chi connectivity index (χ0) is 22.4. The van der Waals surface area contributed by atoms with Crippen LogP contribution in [0.4, 0.5) is 11.4 Å².